The quantitative estimate of drug-likeness (QED) is 0.640. The maximum Gasteiger partial charge on any atom is 0.238 e. The Bertz CT molecular complexity index is 994. The maximum atomic E-state index is 12.6. The van der Waals surface area contributed by atoms with Crippen molar-refractivity contribution in [3.63, 3.8) is 0 Å². The topological polar surface area (TPSA) is 38.1 Å². The van der Waals surface area contributed by atoms with Gasteiger partial charge in [-0.15, -0.1) is 11.6 Å². The molecule has 2 aromatic carbocycles. The van der Waals surface area contributed by atoms with Crippen molar-refractivity contribution >= 4 is 28.3 Å². The molecule has 1 amide bonds. The van der Waals surface area contributed by atoms with Crippen LogP contribution in [0, 0.1) is 6.92 Å². The zero-order chi connectivity index (χ0) is 19.0. The molecule has 0 fully saturated rings. The fourth-order valence-electron chi connectivity index (χ4n) is 4.14. The molecule has 0 saturated carbocycles. The van der Waals surface area contributed by atoms with Gasteiger partial charge in [0.2, 0.25) is 5.91 Å². The van der Waals surface area contributed by atoms with Crippen molar-refractivity contribution in [1.29, 1.82) is 0 Å². The smallest absolute Gasteiger partial charge is 0.238 e. The predicted octanol–water partition coefficient (Wildman–Crippen LogP) is 4.01. The first kappa shape index (κ1) is 18.1. The summed E-state index contributed by atoms with van der Waals surface area (Å²) in [7, 11) is 1.99. The summed E-state index contributed by atoms with van der Waals surface area (Å²) in [4.78, 5) is 14.6. The van der Waals surface area contributed by atoms with Crippen LogP contribution in [-0.2, 0) is 31.2 Å². The van der Waals surface area contributed by atoms with Gasteiger partial charge in [0.1, 0.15) is 5.88 Å². The molecule has 0 N–H and O–H groups in total. The fraction of sp³-hybridized carbons (Fsp3) is 0.364. The molecule has 1 atom stereocenters. The van der Waals surface area contributed by atoms with Gasteiger partial charge in [-0.2, -0.15) is 5.10 Å². The Morgan fingerprint density at radius 3 is 2.81 bits per heavy atom. The molecule has 3 aromatic rings. The molecule has 5 heteroatoms. The summed E-state index contributed by atoms with van der Waals surface area (Å²) < 4.78 is 1.95. The third-order valence-corrected chi connectivity index (χ3v) is 5.97. The standard InChI is InChI=1S/C22H24ClN3O/c1-15-20-10-9-19(12-21(20)24-25(15)2)26(22(27)13-23)14-16-7-8-17-5-3-4-6-18(17)11-16/h3-8,11,19H,9-10,12-14H2,1-2H3. The first-order chi connectivity index (χ1) is 13.1. The Labute approximate surface area is 164 Å². The van der Waals surface area contributed by atoms with Crippen LogP contribution in [0.5, 0.6) is 0 Å². The van der Waals surface area contributed by atoms with Crippen molar-refractivity contribution in [3.05, 3.63) is 65.0 Å². The number of benzene rings is 2. The Kier molecular flexibility index (Phi) is 4.92. The number of amides is 1. The summed E-state index contributed by atoms with van der Waals surface area (Å²) in [5, 5.41) is 7.07. The summed E-state index contributed by atoms with van der Waals surface area (Å²) >= 11 is 5.95. The fourth-order valence-corrected chi connectivity index (χ4v) is 4.30. The lowest BCUT2D eigenvalue weighted by atomic mass is 9.90. The number of carbonyl (C=O) groups is 1. The van der Waals surface area contributed by atoms with E-state index >= 15 is 0 Å². The van der Waals surface area contributed by atoms with Crippen molar-refractivity contribution in [2.75, 3.05) is 5.88 Å². The highest BCUT2D eigenvalue weighted by Crippen LogP contribution is 2.28. The highest BCUT2D eigenvalue weighted by Gasteiger charge is 2.30. The van der Waals surface area contributed by atoms with Gasteiger partial charge in [-0.25, -0.2) is 0 Å². The lowest BCUT2D eigenvalue weighted by Gasteiger charge is -2.34. The Morgan fingerprint density at radius 1 is 1.26 bits per heavy atom. The van der Waals surface area contributed by atoms with E-state index in [9.17, 15) is 4.79 Å². The predicted molar refractivity (Wildman–Crippen MR) is 109 cm³/mol. The molecule has 1 aromatic heterocycles. The number of fused-ring (bicyclic) bond motifs is 2. The van der Waals surface area contributed by atoms with Crippen LogP contribution in [0.4, 0.5) is 0 Å². The van der Waals surface area contributed by atoms with Crippen molar-refractivity contribution in [2.24, 2.45) is 7.05 Å². The molecular weight excluding hydrogens is 358 g/mol. The Morgan fingerprint density at radius 2 is 2.04 bits per heavy atom. The van der Waals surface area contributed by atoms with Crippen LogP contribution in [0.25, 0.3) is 10.8 Å². The molecule has 0 saturated heterocycles. The number of nitrogens with zero attached hydrogens (tertiary/aromatic N) is 3. The largest absolute Gasteiger partial charge is 0.334 e. The molecule has 0 aliphatic heterocycles. The molecule has 0 bridgehead atoms. The first-order valence-electron chi connectivity index (χ1n) is 9.41. The Hall–Kier alpha value is -2.33. The van der Waals surface area contributed by atoms with E-state index < -0.39 is 0 Å². The van der Waals surface area contributed by atoms with Crippen molar-refractivity contribution in [1.82, 2.24) is 14.7 Å². The van der Waals surface area contributed by atoms with Crippen LogP contribution in [0.2, 0.25) is 0 Å². The molecule has 1 aliphatic rings. The summed E-state index contributed by atoms with van der Waals surface area (Å²) in [6, 6.07) is 14.8. The molecule has 0 spiro atoms. The number of alkyl halides is 1. The monoisotopic (exact) mass is 381 g/mol. The van der Waals surface area contributed by atoms with Gasteiger partial charge in [-0.05, 0) is 47.7 Å². The van der Waals surface area contributed by atoms with E-state index in [4.69, 9.17) is 11.6 Å². The number of hydrogen-bond acceptors (Lipinski definition) is 2. The minimum atomic E-state index is -0.00840. The first-order valence-corrected chi connectivity index (χ1v) is 9.94. The van der Waals surface area contributed by atoms with Gasteiger partial charge in [0.25, 0.3) is 0 Å². The number of carbonyl (C=O) groups excluding carboxylic acids is 1. The normalized spacial score (nSPS) is 16.3. The van der Waals surface area contributed by atoms with Crippen LogP contribution in [0.15, 0.2) is 42.5 Å². The third kappa shape index (κ3) is 3.46. The molecule has 1 heterocycles. The van der Waals surface area contributed by atoms with E-state index in [-0.39, 0.29) is 17.8 Å². The Balaban J connectivity index is 1.60. The second-order valence-electron chi connectivity index (χ2n) is 7.37. The van der Waals surface area contributed by atoms with E-state index in [0.29, 0.717) is 6.54 Å². The zero-order valence-corrected chi connectivity index (χ0v) is 16.5. The average molecular weight is 382 g/mol. The number of rotatable bonds is 4. The highest BCUT2D eigenvalue weighted by atomic mass is 35.5. The summed E-state index contributed by atoms with van der Waals surface area (Å²) in [6.45, 7) is 2.70. The minimum absolute atomic E-state index is 0.00840. The van der Waals surface area contributed by atoms with Gasteiger partial charge in [-0.1, -0.05) is 36.4 Å². The van der Waals surface area contributed by atoms with E-state index in [0.717, 1.165) is 30.5 Å². The van der Waals surface area contributed by atoms with Gasteiger partial charge in [0.15, 0.2) is 0 Å². The average Bonchev–Trinajstić information content (AvgIpc) is 2.98. The summed E-state index contributed by atoms with van der Waals surface area (Å²) in [5.41, 5.74) is 4.83. The molecule has 4 nitrogen and oxygen atoms in total. The molecule has 1 unspecified atom stereocenters. The maximum absolute atomic E-state index is 12.6. The van der Waals surface area contributed by atoms with Gasteiger partial charge < -0.3 is 4.90 Å². The highest BCUT2D eigenvalue weighted by molar-refractivity contribution is 6.27. The van der Waals surface area contributed by atoms with Gasteiger partial charge in [0, 0.05) is 31.7 Å². The molecule has 140 valence electrons. The van der Waals surface area contributed by atoms with Crippen molar-refractivity contribution in [2.45, 2.75) is 38.8 Å². The van der Waals surface area contributed by atoms with Gasteiger partial charge in [-0.3, -0.25) is 9.48 Å². The second kappa shape index (κ2) is 7.35. The van der Waals surface area contributed by atoms with Crippen molar-refractivity contribution in [3.8, 4) is 0 Å². The number of halogens is 1. The van der Waals surface area contributed by atoms with Gasteiger partial charge in [0.05, 0.1) is 5.69 Å². The summed E-state index contributed by atoms with van der Waals surface area (Å²) in [5.74, 6) is 0.00369. The number of aryl methyl sites for hydroxylation is 1. The second-order valence-corrected chi connectivity index (χ2v) is 7.63. The molecular formula is C22H24ClN3O. The number of hydrogen-bond donors (Lipinski definition) is 0. The van der Waals surface area contributed by atoms with Crippen LogP contribution in [0.1, 0.15) is 28.9 Å². The van der Waals surface area contributed by atoms with Crippen LogP contribution in [0.3, 0.4) is 0 Å². The number of aromatic nitrogens is 2. The third-order valence-electron chi connectivity index (χ3n) is 5.74. The lowest BCUT2D eigenvalue weighted by Crippen LogP contribution is -2.43. The van der Waals surface area contributed by atoms with Crippen LogP contribution >= 0.6 is 11.6 Å². The molecule has 1 aliphatic carbocycles. The van der Waals surface area contributed by atoms with Crippen LogP contribution < -0.4 is 0 Å². The van der Waals surface area contributed by atoms with Crippen LogP contribution in [-0.4, -0.2) is 32.5 Å². The van der Waals surface area contributed by atoms with Gasteiger partial charge >= 0.3 is 0 Å². The molecule has 0 radical (unpaired) electrons. The van der Waals surface area contributed by atoms with Crippen molar-refractivity contribution < 1.29 is 4.79 Å². The lowest BCUT2D eigenvalue weighted by molar-refractivity contribution is -0.131. The van der Waals surface area contributed by atoms with E-state index in [2.05, 4.69) is 42.4 Å². The van der Waals surface area contributed by atoms with E-state index in [1.165, 1.54) is 22.0 Å². The molecule has 4 rings (SSSR count). The SMILES string of the molecule is Cc1c2c(nn1C)CC(N(Cc1ccc3ccccc3c1)C(=O)CCl)CC2. The summed E-state index contributed by atoms with van der Waals surface area (Å²) in [6.07, 6.45) is 2.71. The van der Waals surface area contributed by atoms with E-state index in [1.807, 2.05) is 28.8 Å². The molecule has 27 heavy (non-hydrogen) atoms. The van der Waals surface area contributed by atoms with E-state index in [1.54, 1.807) is 0 Å². The minimum Gasteiger partial charge on any atom is -0.334 e. The zero-order valence-electron chi connectivity index (χ0n) is 15.8.